The van der Waals surface area contributed by atoms with E-state index in [-0.39, 0.29) is 6.04 Å². The predicted octanol–water partition coefficient (Wildman–Crippen LogP) is 2.84. The Morgan fingerprint density at radius 1 is 1.62 bits per heavy atom. The van der Waals surface area contributed by atoms with E-state index >= 15 is 0 Å². The zero-order valence-corrected chi connectivity index (χ0v) is 8.80. The minimum Gasteiger partial charge on any atom is -0.324 e. The van der Waals surface area contributed by atoms with Gasteiger partial charge < -0.3 is 5.73 Å². The molecule has 1 atom stereocenters. The normalized spacial score (nSPS) is 12.9. The lowest BCUT2D eigenvalue weighted by molar-refractivity contribution is 0.633. The molecular weight excluding hydrogens is 184 g/mol. The maximum Gasteiger partial charge on any atom is 0.129 e. The summed E-state index contributed by atoms with van der Waals surface area (Å²) in [6, 6.07) is 1.95. The van der Waals surface area contributed by atoms with Crippen molar-refractivity contribution in [3.63, 3.8) is 0 Å². The second-order valence-corrected chi connectivity index (χ2v) is 3.65. The van der Waals surface area contributed by atoms with E-state index in [0.717, 1.165) is 24.0 Å². The topological polar surface area (TPSA) is 38.9 Å². The second-order valence-electron chi connectivity index (χ2n) is 3.26. The summed E-state index contributed by atoms with van der Waals surface area (Å²) in [5.41, 5.74) is 8.20. The van der Waals surface area contributed by atoms with Gasteiger partial charge in [0.1, 0.15) is 5.15 Å². The molecule has 1 heterocycles. The molecule has 0 amide bonds. The molecule has 0 aliphatic heterocycles. The number of hydrogen-bond donors (Lipinski definition) is 1. The van der Waals surface area contributed by atoms with Crippen LogP contribution >= 0.6 is 11.6 Å². The molecule has 0 saturated heterocycles. The van der Waals surface area contributed by atoms with E-state index < -0.39 is 0 Å². The van der Waals surface area contributed by atoms with Crippen molar-refractivity contribution in [1.82, 2.24) is 4.98 Å². The van der Waals surface area contributed by atoms with Crippen molar-refractivity contribution in [2.75, 3.05) is 0 Å². The molecular formula is C10H15ClN2. The summed E-state index contributed by atoms with van der Waals surface area (Å²) in [6.45, 7) is 4.14. The van der Waals surface area contributed by atoms with E-state index in [9.17, 15) is 0 Å². The van der Waals surface area contributed by atoms with Gasteiger partial charge >= 0.3 is 0 Å². The first-order valence-corrected chi connectivity index (χ1v) is 4.90. The molecule has 1 aromatic rings. The first-order valence-electron chi connectivity index (χ1n) is 4.52. The van der Waals surface area contributed by atoms with Crippen molar-refractivity contribution in [3.8, 4) is 0 Å². The molecule has 0 radical (unpaired) electrons. The summed E-state index contributed by atoms with van der Waals surface area (Å²) in [7, 11) is 0. The minimum absolute atomic E-state index is 0.0924. The summed E-state index contributed by atoms with van der Waals surface area (Å²) in [6.07, 6.45) is 3.85. The predicted molar refractivity (Wildman–Crippen MR) is 55.8 cm³/mol. The smallest absolute Gasteiger partial charge is 0.129 e. The average molecular weight is 199 g/mol. The monoisotopic (exact) mass is 198 g/mol. The largest absolute Gasteiger partial charge is 0.324 e. The molecule has 0 bridgehead atoms. The second kappa shape index (κ2) is 4.58. The van der Waals surface area contributed by atoms with Gasteiger partial charge in [0.2, 0.25) is 0 Å². The van der Waals surface area contributed by atoms with Crippen LogP contribution in [-0.4, -0.2) is 4.98 Å². The van der Waals surface area contributed by atoms with Gasteiger partial charge in [-0.05, 0) is 30.5 Å². The first kappa shape index (κ1) is 10.5. The van der Waals surface area contributed by atoms with Crippen LogP contribution in [0.4, 0.5) is 0 Å². The van der Waals surface area contributed by atoms with Gasteiger partial charge in [-0.25, -0.2) is 4.98 Å². The van der Waals surface area contributed by atoms with E-state index in [4.69, 9.17) is 17.3 Å². The van der Waals surface area contributed by atoms with Crippen LogP contribution in [0.1, 0.15) is 36.9 Å². The van der Waals surface area contributed by atoms with Gasteiger partial charge in [0.15, 0.2) is 0 Å². The SMILES string of the molecule is CCC[C@H](N)c1cnc(Cl)cc1C. The standard InChI is InChI=1S/C10H15ClN2/c1-3-4-9(12)8-6-13-10(11)5-7(8)2/h5-6,9H,3-4,12H2,1-2H3/t9-/m0/s1. The lowest BCUT2D eigenvalue weighted by Gasteiger charge is -2.12. The molecule has 2 nitrogen and oxygen atoms in total. The maximum atomic E-state index is 5.97. The first-order chi connectivity index (χ1) is 6.15. The number of halogens is 1. The fraction of sp³-hybridized carbons (Fsp3) is 0.500. The number of pyridine rings is 1. The fourth-order valence-electron chi connectivity index (χ4n) is 1.39. The maximum absolute atomic E-state index is 5.97. The third-order valence-corrected chi connectivity index (χ3v) is 2.32. The molecule has 1 rings (SSSR count). The lowest BCUT2D eigenvalue weighted by atomic mass is 10.0. The molecule has 0 saturated carbocycles. The van der Waals surface area contributed by atoms with Crippen LogP contribution in [0.15, 0.2) is 12.3 Å². The Balaban J connectivity index is 2.88. The van der Waals surface area contributed by atoms with E-state index in [2.05, 4.69) is 11.9 Å². The zero-order chi connectivity index (χ0) is 9.84. The Morgan fingerprint density at radius 2 is 2.31 bits per heavy atom. The molecule has 3 heteroatoms. The zero-order valence-electron chi connectivity index (χ0n) is 8.05. The van der Waals surface area contributed by atoms with E-state index in [0.29, 0.717) is 5.15 Å². The number of nitrogens with two attached hydrogens (primary N) is 1. The number of aromatic nitrogens is 1. The van der Waals surface area contributed by atoms with E-state index in [1.807, 2.05) is 13.0 Å². The summed E-state index contributed by atoms with van der Waals surface area (Å²) in [5.74, 6) is 0. The van der Waals surface area contributed by atoms with Gasteiger partial charge in [0.25, 0.3) is 0 Å². The molecule has 0 unspecified atom stereocenters. The number of hydrogen-bond acceptors (Lipinski definition) is 2. The van der Waals surface area contributed by atoms with Crippen LogP contribution in [0, 0.1) is 6.92 Å². The molecule has 0 aliphatic rings. The van der Waals surface area contributed by atoms with Crippen molar-refractivity contribution in [3.05, 3.63) is 28.5 Å². The number of aryl methyl sites for hydroxylation is 1. The van der Waals surface area contributed by atoms with Gasteiger partial charge in [0, 0.05) is 12.2 Å². The van der Waals surface area contributed by atoms with Crippen molar-refractivity contribution in [2.24, 2.45) is 5.73 Å². The average Bonchev–Trinajstić information content (AvgIpc) is 2.04. The summed E-state index contributed by atoms with van der Waals surface area (Å²) in [5, 5.41) is 0.532. The molecule has 13 heavy (non-hydrogen) atoms. The van der Waals surface area contributed by atoms with Gasteiger partial charge in [-0.15, -0.1) is 0 Å². The Hall–Kier alpha value is -0.600. The molecule has 1 aromatic heterocycles. The minimum atomic E-state index is 0.0924. The van der Waals surface area contributed by atoms with Crippen molar-refractivity contribution in [2.45, 2.75) is 32.7 Å². The Morgan fingerprint density at radius 3 is 2.85 bits per heavy atom. The van der Waals surface area contributed by atoms with Crippen LogP contribution in [0.3, 0.4) is 0 Å². The molecule has 72 valence electrons. The molecule has 0 fully saturated rings. The highest BCUT2D eigenvalue weighted by atomic mass is 35.5. The molecule has 0 aliphatic carbocycles. The molecule has 2 N–H and O–H groups in total. The van der Waals surface area contributed by atoms with Gasteiger partial charge in [-0.1, -0.05) is 24.9 Å². The fourth-order valence-corrected chi connectivity index (χ4v) is 1.60. The van der Waals surface area contributed by atoms with Crippen LogP contribution in [0.25, 0.3) is 0 Å². The van der Waals surface area contributed by atoms with Crippen LogP contribution < -0.4 is 5.73 Å². The molecule has 0 aromatic carbocycles. The third-order valence-electron chi connectivity index (χ3n) is 2.12. The summed E-state index contributed by atoms with van der Waals surface area (Å²) < 4.78 is 0. The van der Waals surface area contributed by atoms with Crippen LogP contribution in [0.2, 0.25) is 5.15 Å². The quantitative estimate of drug-likeness (QED) is 0.759. The van der Waals surface area contributed by atoms with Crippen molar-refractivity contribution in [1.29, 1.82) is 0 Å². The van der Waals surface area contributed by atoms with Gasteiger partial charge in [0.05, 0.1) is 0 Å². The number of rotatable bonds is 3. The van der Waals surface area contributed by atoms with Crippen molar-refractivity contribution < 1.29 is 0 Å². The van der Waals surface area contributed by atoms with E-state index in [1.54, 1.807) is 6.20 Å². The summed E-state index contributed by atoms with van der Waals surface area (Å²) >= 11 is 5.75. The van der Waals surface area contributed by atoms with Crippen LogP contribution in [0.5, 0.6) is 0 Å². The Bertz CT molecular complexity index is 286. The van der Waals surface area contributed by atoms with Gasteiger partial charge in [-0.2, -0.15) is 0 Å². The summed E-state index contributed by atoms with van der Waals surface area (Å²) in [4.78, 5) is 4.03. The Labute approximate surface area is 84.1 Å². The highest BCUT2D eigenvalue weighted by Crippen LogP contribution is 2.20. The van der Waals surface area contributed by atoms with Gasteiger partial charge in [-0.3, -0.25) is 0 Å². The highest BCUT2D eigenvalue weighted by Gasteiger charge is 2.08. The Kier molecular flexibility index (Phi) is 3.70. The molecule has 0 spiro atoms. The van der Waals surface area contributed by atoms with Crippen LogP contribution in [-0.2, 0) is 0 Å². The highest BCUT2D eigenvalue weighted by molar-refractivity contribution is 6.29. The van der Waals surface area contributed by atoms with Crippen molar-refractivity contribution >= 4 is 11.6 Å². The van der Waals surface area contributed by atoms with E-state index in [1.165, 1.54) is 0 Å². The third kappa shape index (κ3) is 2.68. The lowest BCUT2D eigenvalue weighted by Crippen LogP contribution is -2.11. The number of nitrogens with zero attached hydrogens (tertiary/aromatic N) is 1.